The fourth-order valence-electron chi connectivity index (χ4n) is 3.55. The van der Waals surface area contributed by atoms with Gasteiger partial charge in [-0.1, -0.05) is 25.0 Å². The van der Waals surface area contributed by atoms with E-state index in [-0.39, 0.29) is 17.7 Å². The summed E-state index contributed by atoms with van der Waals surface area (Å²) >= 11 is 1.51. The third kappa shape index (κ3) is 4.38. The minimum absolute atomic E-state index is 0.126. The summed E-state index contributed by atoms with van der Waals surface area (Å²) in [6.07, 6.45) is 1.67. The minimum atomic E-state index is -3.94. The molecule has 0 unspecified atom stereocenters. The zero-order valence-electron chi connectivity index (χ0n) is 16.6. The smallest absolute Gasteiger partial charge is 0.328 e. The van der Waals surface area contributed by atoms with Gasteiger partial charge < -0.3 is 10.1 Å². The van der Waals surface area contributed by atoms with E-state index in [1.807, 2.05) is 31.4 Å². The Morgan fingerprint density at radius 2 is 1.86 bits per heavy atom. The fourth-order valence-corrected chi connectivity index (χ4v) is 6.33. The summed E-state index contributed by atoms with van der Waals surface area (Å²) in [5.74, 6) is -1.29. The molecule has 156 valence electrons. The van der Waals surface area contributed by atoms with Crippen molar-refractivity contribution >= 4 is 33.1 Å². The zero-order chi connectivity index (χ0) is 21.1. The van der Waals surface area contributed by atoms with Gasteiger partial charge in [0.15, 0.2) is 21.2 Å². The number of carbonyl (C=O) groups is 2. The maximum Gasteiger partial charge on any atom is 0.328 e. The topological polar surface area (TPSA) is 89.5 Å². The summed E-state index contributed by atoms with van der Waals surface area (Å²) in [6.45, 7) is 3.60. The van der Waals surface area contributed by atoms with E-state index in [1.54, 1.807) is 18.2 Å². The van der Waals surface area contributed by atoms with E-state index < -0.39 is 33.1 Å². The Balaban J connectivity index is 1.72. The number of ether oxygens (including phenoxy) is 1. The number of thiophene rings is 1. The molecule has 1 N–H and O–H groups in total. The number of hydrogen-bond acceptors (Lipinski definition) is 6. The second-order valence-electron chi connectivity index (χ2n) is 7.38. The lowest BCUT2D eigenvalue weighted by atomic mass is 10.1. The Morgan fingerprint density at radius 1 is 1.14 bits per heavy atom. The third-order valence-corrected chi connectivity index (χ3v) is 8.82. The van der Waals surface area contributed by atoms with Gasteiger partial charge in [-0.2, -0.15) is 0 Å². The predicted octanol–water partition coefficient (Wildman–Crippen LogP) is 3.31. The highest BCUT2D eigenvalue weighted by atomic mass is 32.2. The summed E-state index contributed by atoms with van der Waals surface area (Å²) in [5.41, 5.74) is 1.83. The van der Waals surface area contributed by atoms with E-state index in [4.69, 9.17) is 4.74 Å². The molecule has 0 bridgehead atoms. The Hall–Kier alpha value is -2.19. The van der Waals surface area contributed by atoms with Crippen LogP contribution in [0, 0.1) is 13.8 Å². The molecular formula is C21H25NO5S2. The number of benzene rings is 1. The van der Waals surface area contributed by atoms with Crippen LogP contribution in [0.25, 0.3) is 0 Å². The lowest BCUT2D eigenvalue weighted by Crippen LogP contribution is -2.46. The molecule has 3 rings (SSSR count). The zero-order valence-corrected chi connectivity index (χ0v) is 18.2. The number of sulfone groups is 1. The first-order valence-corrected chi connectivity index (χ1v) is 11.9. The van der Waals surface area contributed by atoms with E-state index in [2.05, 4.69) is 5.32 Å². The van der Waals surface area contributed by atoms with Gasteiger partial charge in [0, 0.05) is 4.88 Å². The first kappa shape index (κ1) is 21.5. The summed E-state index contributed by atoms with van der Waals surface area (Å²) in [5, 5.41) is 4.58. The predicted molar refractivity (Wildman–Crippen MR) is 111 cm³/mol. The first-order valence-electron chi connectivity index (χ1n) is 9.54. The van der Waals surface area contributed by atoms with Gasteiger partial charge >= 0.3 is 5.97 Å². The summed E-state index contributed by atoms with van der Waals surface area (Å²) < 4.78 is 30.3. The Kier molecular flexibility index (Phi) is 6.43. The van der Waals surface area contributed by atoms with Crippen LogP contribution in [0.5, 0.6) is 0 Å². The summed E-state index contributed by atoms with van der Waals surface area (Å²) in [4.78, 5) is 26.0. The lowest BCUT2D eigenvalue weighted by molar-refractivity contribution is -0.151. The van der Waals surface area contributed by atoms with Crippen molar-refractivity contribution in [1.29, 1.82) is 0 Å². The van der Waals surface area contributed by atoms with Crippen LogP contribution in [-0.4, -0.2) is 31.6 Å². The fraction of sp³-hybridized carbons (Fsp3) is 0.429. The number of rotatable bonds is 7. The molecule has 1 aliphatic rings. The molecule has 0 spiro atoms. The Labute approximate surface area is 175 Å². The molecule has 1 aliphatic carbocycles. The quantitative estimate of drug-likeness (QED) is 0.674. The second-order valence-corrected chi connectivity index (χ2v) is 10.7. The standard InChI is InChI=1S/C21H25NO5S2/c1-15-7-8-18(12-16(15)2)29(25,26)21(9-3-4-10-21)20(24)27-14-19(23)22-13-17-6-5-11-28-17/h5-8,11-12H,3-4,9-10,13-14H2,1-2H3,(H,22,23). The van der Waals surface area contributed by atoms with Gasteiger partial charge in [0.25, 0.3) is 5.91 Å². The normalized spacial score (nSPS) is 15.8. The molecule has 1 aromatic carbocycles. The second kappa shape index (κ2) is 8.67. The highest BCUT2D eigenvalue weighted by Crippen LogP contribution is 2.41. The third-order valence-electron chi connectivity index (χ3n) is 5.46. The molecule has 29 heavy (non-hydrogen) atoms. The highest BCUT2D eigenvalue weighted by molar-refractivity contribution is 7.93. The largest absolute Gasteiger partial charge is 0.454 e. The van der Waals surface area contributed by atoms with Crippen molar-refractivity contribution in [3.63, 3.8) is 0 Å². The van der Waals surface area contributed by atoms with Crippen LogP contribution in [0.1, 0.15) is 41.7 Å². The molecule has 1 aromatic heterocycles. The van der Waals surface area contributed by atoms with Crippen molar-refractivity contribution in [2.75, 3.05) is 6.61 Å². The minimum Gasteiger partial charge on any atom is -0.454 e. The van der Waals surface area contributed by atoms with Crippen molar-refractivity contribution in [2.45, 2.75) is 55.7 Å². The van der Waals surface area contributed by atoms with E-state index in [0.29, 0.717) is 19.4 Å². The molecule has 0 saturated heterocycles. The van der Waals surface area contributed by atoms with Crippen LogP contribution in [-0.2, 0) is 30.7 Å². The Bertz CT molecular complexity index is 990. The van der Waals surface area contributed by atoms with Crippen LogP contribution < -0.4 is 5.32 Å². The number of amides is 1. The van der Waals surface area contributed by atoms with E-state index in [0.717, 1.165) is 16.0 Å². The molecule has 2 aromatic rings. The van der Waals surface area contributed by atoms with Gasteiger partial charge in [-0.05, 0) is 61.4 Å². The first-order chi connectivity index (χ1) is 13.8. The van der Waals surface area contributed by atoms with Gasteiger partial charge in [0.2, 0.25) is 0 Å². The molecule has 0 atom stereocenters. The number of nitrogens with one attached hydrogen (secondary N) is 1. The van der Waals surface area contributed by atoms with Crippen LogP contribution in [0.2, 0.25) is 0 Å². The van der Waals surface area contributed by atoms with E-state index >= 15 is 0 Å². The molecule has 1 fully saturated rings. The van der Waals surface area contributed by atoms with Crippen LogP contribution in [0.4, 0.5) is 0 Å². The SMILES string of the molecule is Cc1ccc(S(=O)(=O)C2(C(=O)OCC(=O)NCc3cccs3)CCCC2)cc1C. The lowest BCUT2D eigenvalue weighted by Gasteiger charge is -2.26. The maximum absolute atomic E-state index is 13.4. The van der Waals surface area contributed by atoms with Crippen molar-refractivity contribution in [3.8, 4) is 0 Å². The molecular weight excluding hydrogens is 410 g/mol. The van der Waals surface area contributed by atoms with Crippen LogP contribution >= 0.6 is 11.3 Å². The summed E-state index contributed by atoms with van der Waals surface area (Å²) in [6, 6.07) is 8.66. The van der Waals surface area contributed by atoms with E-state index in [1.165, 1.54) is 11.3 Å². The Morgan fingerprint density at radius 3 is 2.48 bits per heavy atom. The van der Waals surface area contributed by atoms with Crippen molar-refractivity contribution in [1.82, 2.24) is 5.32 Å². The number of esters is 1. The number of aryl methyl sites for hydroxylation is 2. The van der Waals surface area contributed by atoms with Crippen LogP contribution in [0.15, 0.2) is 40.6 Å². The molecule has 0 radical (unpaired) electrons. The number of hydrogen-bond donors (Lipinski definition) is 1. The summed E-state index contributed by atoms with van der Waals surface area (Å²) in [7, 11) is -3.94. The van der Waals surface area contributed by atoms with Gasteiger partial charge in [0.1, 0.15) is 0 Å². The van der Waals surface area contributed by atoms with Gasteiger partial charge in [0.05, 0.1) is 11.4 Å². The van der Waals surface area contributed by atoms with Crippen molar-refractivity contribution in [3.05, 3.63) is 51.7 Å². The molecule has 1 amide bonds. The monoisotopic (exact) mass is 435 g/mol. The van der Waals surface area contributed by atoms with Gasteiger partial charge in [-0.3, -0.25) is 9.59 Å². The highest BCUT2D eigenvalue weighted by Gasteiger charge is 2.54. The average Bonchev–Trinajstić information content (AvgIpc) is 3.39. The van der Waals surface area contributed by atoms with E-state index in [9.17, 15) is 18.0 Å². The molecule has 8 heteroatoms. The molecule has 1 heterocycles. The average molecular weight is 436 g/mol. The van der Waals surface area contributed by atoms with Crippen molar-refractivity contribution < 1.29 is 22.7 Å². The number of carbonyl (C=O) groups excluding carboxylic acids is 2. The van der Waals surface area contributed by atoms with Crippen LogP contribution in [0.3, 0.4) is 0 Å². The van der Waals surface area contributed by atoms with Crippen molar-refractivity contribution in [2.24, 2.45) is 0 Å². The molecule has 1 saturated carbocycles. The maximum atomic E-state index is 13.4. The molecule has 6 nitrogen and oxygen atoms in total. The molecule has 0 aliphatic heterocycles. The van der Waals surface area contributed by atoms with Gasteiger partial charge in [-0.25, -0.2) is 8.42 Å². The van der Waals surface area contributed by atoms with Gasteiger partial charge in [-0.15, -0.1) is 11.3 Å².